The number of aromatic nitrogens is 4. The molecule has 0 aliphatic rings. The van der Waals surface area contributed by atoms with E-state index in [0.717, 1.165) is 34.8 Å². The van der Waals surface area contributed by atoms with E-state index in [1.54, 1.807) is 6.33 Å². The SMILES string of the molecule is CC(C)(C)SCCNc1ncnc2c1cnn2-c1ccccc1. The lowest BCUT2D eigenvalue weighted by atomic mass is 10.3. The van der Waals surface area contributed by atoms with Crippen LogP contribution in [0.1, 0.15) is 20.8 Å². The maximum Gasteiger partial charge on any atom is 0.168 e. The maximum absolute atomic E-state index is 4.46. The second-order valence-electron chi connectivity index (χ2n) is 6.24. The number of rotatable bonds is 5. The van der Waals surface area contributed by atoms with E-state index in [0.29, 0.717) is 0 Å². The van der Waals surface area contributed by atoms with E-state index < -0.39 is 0 Å². The third-order valence-electron chi connectivity index (χ3n) is 3.30. The summed E-state index contributed by atoms with van der Waals surface area (Å²) in [5.41, 5.74) is 1.81. The normalized spacial score (nSPS) is 11.8. The van der Waals surface area contributed by atoms with Crippen molar-refractivity contribution in [1.29, 1.82) is 0 Å². The second-order valence-corrected chi connectivity index (χ2v) is 8.16. The van der Waals surface area contributed by atoms with Gasteiger partial charge in [0, 0.05) is 17.0 Å². The fourth-order valence-electron chi connectivity index (χ4n) is 2.27. The third kappa shape index (κ3) is 3.82. The summed E-state index contributed by atoms with van der Waals surface area (Å²) >= 11 is 1.93. The van der Waals surface area contributed by atoms with Gasteiger partial charge in [0.25, 0.3) is 0 Å². The molecule has 1 aromatic carbocycles. The summed E-state index contributed by atoms with van der Waals surface area (Å²) in [5.74, 6) is 1.87. The molecule has 6 heteroatoms. The number of anilines is 1. The Balaban J connectivity index is 1.79. The lowest BCUT2D eigenvalue weighted by Crippen LogP contribution is -2.13. The standard InChI is InChI=1S/C17H21N5S/c1-17(2,3)23-10-9-18-15-14-11-21-22(16(14)20-12-19-15)13-7-5-4-6-8-13/h4-8,11-12H,9-10H2,1-3H3,(H,18,19,20). The molecule has 0 amide bonds. The number of hydrogen-bond donors (Lipinski definition) is 1. The molecule has 0 bridgehead atoms. The minimum Gasteiger partial charge on any atom is -0.369 e. The first-order chi connectivity index (χ1) is 11.0. The summed E-state index contributed by atoms with van der Waals surface area (Å²) in [6, 6.07) is 10.0. The Hall–Kier alpha value is -2.08. The van der Waals surface area contributed by atoms with Gasteiger partial charge in [-0.25, -0.2) is 14.6 Å². The molecule has 0 saturated heterocycles. The number of thioether (sulfide) groups is 1. The highest BCUT2D eigenvalue weighted by atomic mass is 32.2. The molecule has 0 atom stereocenters. The fraction of sp³-hybridized carbons (Fsp3) is 0.353. The Kier molecular flexibility index (Phi) is 4.52. The van der Waals surface area contributed by atoms with Gasteiger partial charge in [0.15, 0.2) is 5.65 Å². The van der Waals surface area contributed by atoms with Crippen molar-refractivity contribution in [1.82, 2.24) is 19.7 Å². The van der Waals surface area contributed by atoms with Gasteiger partial charge in [-0.1, -0.05) is 39.0 Å². The molecular weight excluding hydrogens is 306 g/mol. The zero-order valence-corrected chi connectivity index (χ0v) is 14.5. The molecule has 0 aliphatic carbocycles. The maximum atomic E-state index is 4.46. The Morgan fingerprint density at radius 2 is 1.91 bits per heavy atom. The first-order valence-corrected chi connectivity index (χ1v) is 8.65. The molecule has 0 radical (unpaired) electrons. The number of hydrogen-bond acceptors (Lipinski definition) is 5. The van der Waals surface area contributed by atoms with Gasteiger partial charge in [-0.05, 0) is 12.1 Å². The van der Waals surface area contributed by atoms with Crippen LogP contribution in [0.4, 0.5) is 5.82 Å². The molecule has 23 heavy (non-hydrogen) atoms. The van der Waals surface area contributed by atoms with Crippen molar-refractivity contribution in [3.63, 3.8) is 0 Å². The Morgan fingerprint density at radius 3 is 2.65 bits per heavy atom. The van der Waals surface area contributed by atoms with Crippen molar-refractivity contribution in [3.8, 4) is 5.69 Å². The summed E-state index contributed by atoms with van der Waals surface area (Å²) in [6.07, 6.45) is 3.41. The van der Waals surface area contributed by atoms with Crippen molar-refractivity contribution >= 4 is 28.6 Å². The molecule has 0 unspecified atom stereocenters. The van der Waals surface area contributed by atoms with Crippen LogP contribution in [0.15, 0.2) is 42.9 Å². The van der Waals surface area contributed by atoms with Crippen LogP contribution in [0.25, 0.3) is 16.7 Å². The number of fused-ring (bicyclic) bond motifs is 1. The predicted octanol–water partition coefficient (Wildman–Crippen LogP) is 3.76. The van der Waals surface area contributed by atoms with Gasteiger partial charge in [0.2, 0.25) is 0 Å². The van der Waals surface area contributed by atoms with E-state index in [4.69, 9.17) is 0 Å². The predicted molar refractivity (Wildman–Crippen MR) is 97.4 cm³/mol. The molecule has 0 saturated carbocycles. The van der Waals surface area contributed by atoms with Gasteiger partial charge >= 0.3 is 0 Å². The fourth-order valence-corrected chi connectivity index (χ4v) is 3.09. The average molecular weight is 327 g/mol. The molecular formula is C17H21N5S. The van der Waals surface area contributed by atoms with Crippen molar-refractivity contribution in [2.75, 3.05) is 17.6 Å². The lowest BCUT2D eigenvalue weighted by Gasteiger charge is -2.17. The molecule has 0 fully saturated rings. The summed E-state index contributed by atoms with van der Waals surface area (Å²) in [6.45, 7) is 7.55. The van der Waals surface area contributed by atoms with Crippen LogP contribution in [0, 0.1) is 0 Å². The van der Waals surface area contributed by atoms with Gasteiger partial charge in [0.1, 0.15) is 12.1 Å². The minimum atomic E-state index is 0.279. The molecule has 1 N–H and O–H groups in total. The van der Waals surface area contributed by atoms with Crippen LogP contribution in [0.2, 0.25) is 0 Å². The molecule has 3 aromatic rings. The highest BCUT2D eigenvalue weighted by Crippen LogP contribution is 2.24. The number of nitrogens with zero attached hydrogens (tertiary/aromatic N) is 4. The summed E-state index contributed by atoms with van der Waals surface area (Å²) in [7, 11) is 0. The molecule has 3 rings (SSSR count). The molecule has 0 spiro atoms. The molecule has 120 valence electrons. The van der Waals surface area contributed by atoms with Crippen LogP contribution < -0.4 is 5.32 Å². The van der Waals surface area contributed by atoms with E-state index in [2.05, 4.69) is 41.2 Å². The van der Waals surface area contributed by atoms with Gasteiger partial charge in [-0.3, -0.25) is 0 Å². The second kappa shape index (κ2) is 6.58. The Bertz CT molecular complexity index is 777. The number of benzene rings is 1. The summed E-state index contributed by atoms with van der Waals surface area (Å²) < 4.78 is 2.12. The number of nitrogens with one attached hydrogen (secondary N) is 1. The minimum absolute atomic E-state index is 0.279. The van der Waals surface area contributed by atoms with Crippen LogP contribution >= 0.6 is 11.8 Å². The highest BCUT2D eigenvalue weighted by Gasteiger charge is 2.12. The molecule has 2 heterocycles. The monoisotopic (exact) mass is 327 g/mol. The third-order valence-corrected chi connectivity index (χ3v) is 4.57. The topological polar surface area (TPSA) is 55.6 Å². The van der Waals surface area contributed by atoms with Crippen LogP contribution in [-0.4, -0.2) is 36.8 Å². The van der Waals surface area contributed by atoms with Gasteiger partial charge in [-0.2, -0.15) is 16.9 Å². The molecule has 0 aliphatic heterocycles. The van der Waals surface area contributed by atoms with Gasteiger partial charge in [0.05, 0.1) is 17.3 Å². The summed E-state index contributed by atoms with van der Waals surface area (Å²) in [4.78, 5) is 8.75. The van der Waals surface area contributed by atoms with Crippen LogP contribution in [0.3, 0.4) is 0 Å². The van der Waals surface area contributed by atoms with E-state index in [9.17, 15) is 0 Å². The Morgan fingerprint density at radius 1 is 1.13 bits per heavy atom. The van der Waals surface area contributed by atoms with Crippen molar-refractivity contribution in [2.45, 2.75) is 25.5 Å². The van der Waals surface area contributed by atoms with Gasteiger partial charge < -0.3 is 5.32 Å². The zero-order valence-electron chi connectivity index (χ0n) is 13.7. The lowest BCUT2D eigenvalue weighted by molar-refractivity contribution is 0.802. The van der Waals surface area contributed by atoms with Crippen molar-refractivity contribution < 1.29 is 0 Å². The Labute approximate surface area is 140 Å². The van der Waals surface area contributed by atoms with Crippen molar-refractivity contribution in [2.24, 2.45) is 0 Å². The van der Waals surface area contributed by atoms with E-state index in [1.165, 1.54) is 0 Å². The van der Waals surface area contributed by atoms with Gasteiger partial charge in [-0.15, -0.1) is 0 Å². The quantitative estimate of drug-likeness (QED) is 0.723. The van der Waals surface area contributed by atoms with E-state index in [1.807, 2.05) is 53.0 Å². The largest absolute Gasteiger partial charge is 0.369 e. The molecule has 2 aromatic heterocycles. The smallest absolute Gasteiger partial charge is 0.168 e. The zero-order chi connectivity index (χ0) is 16.3. The van der Waals surface area contributed by atoms with Crippen molar-refractivity contribution in [3.05, 3.63) is 42.9 Å². The molecule has 5 nitrogen and oxygen atoms in total. The number of para-hydroxylation sites is 1. The average Bonchev–Trinajstić information content (AvgIpc) is 2.96. The highest BCUT2D eigenvalue weighted by molar-refractivity contribution is 8.00. The van der Waals surface area contributed by atoms with E-state index in [-0.39, 0.29) is 4.75 Å². The first kappa shape index (κ1) is 15.8. The van der Waals surface area contributed by atoms with Crippen LogP contribution in [0.5, 0.6) is 0 Å². The van der Waals surface area contributed by atoms with Crippen LogP contribution in [-0.2, 0) is 0 Å². The van der Waals surface area contributed by atoms with E-state index >= 15 is 0 Å². The summed E-state index contributed by atoms with van der Waals surface area (Å²) in [5, 5.41) is 8.80. The first-order valence-electron chi connectivity index (χ1n) is 7.66.